The molecule has 7 nitrogen and oxygen atoms in total. The molecule has 1 fully saturated rings. The highest BCUT2D eigenvalue weighted by Crippen LogP contribution is 2.12. The maximum absolute atomic E-state index is 11.1. The Bertz CT molecular complexity index is 351. The van der Waals surface area contributed by atoms with Gasteiger partial charge in [0.2, 0.25) is 11.8 Å². The van der Waals surface area contributed by atoms with E-state index in [0.717, 1.165) is 0 Å². The van der Waals surface area contributed by atoms with Crippen LogP contribution >= 0.6 is 0 Å². The van der Waals surface area contributed by atoms with Crippen LogP contribution in [0.4, 0.5) is 6.01 Å². The minimum Gasteiger partial charge on any atom is -0.408 e. The number of rotatable bonds is 3. The van der Waals surface area contributed by atoms with Gasteiger partial charge in [-0.25, -0.2) is 0 Å². The number of piperazine rings is 1. The summed E-state index contributed by atoms with van der Waals surface area (Å²) >= 11 is 0. The number of nitrogens with two attached hydrogens (primary N) is 1. The van der Waals surface area contributed by atoms with Gasteiger partial charge in [-0.3, -0.25) is 4.79 Å². The second-order valence-electron chi connectivity index (χ2n) is 3.29. The van der Waals surface area contributed by atoms with Crippen molar-refractivity contribution in [2.24, 2.45) is 5.73 Å². The van der Waals surface area contributed by atoms with Crippen LogP contribution in [0.1, 0.15) is 5.89 Å². The van der Waals surface area contributed by atoms with Crippen LogP contribution in [0.15, 0.2) is 4.42 Å². The lowest BCUT2D eigenvalue weighted by Gasteiger charge is -2.24. The van der Waals surface area contributed by atoms with Gasteiger partial charge in [0.05, 0.1) is 0 Å². The molecule has 0 spiro atoms. The van der Waals surface area contributed by atoms with Gasteiger partial charge in [0, 0.05) is 26.1 Å². The third kappa shape index (κ3) is 2.24. The van der Waals surface area contributed by atoms with E-state index in [0.29, 0.717) is 38.0 Å². The van der Waals surface area contributed by atoms with Crippen molar-refractivity contribution in [3.05, 3.63) is 5.89 Å². The van der Waals surface area contributed by atoms with Gasteiger partial charge in [-0.05, 0) is 0 Å². The summed E-state index contributed by atoms with van der Waals surface area (Å²) in [5, 5.41) is 10.4. The molecule has 0 radical (unpaired) electrons. The van der Waals surface area contributed by atoms with Gasteiger partial charge in [-0.1, -0.05) is 5.10 Å². The largest absolute Gasteiger partial charge is 0.408 e. The van der Waals surface area contributed by atoms with Crippen LogP contribution in [0, 0.1) is 0 Å². The molecule has 1 aromatic rings. The van der Waals surface area contributed by atoms with E-state index in [9.17, 15) is 4.79 Å². The number of amides is 1. The Morgan fingerprint density at radius 2 is 2.40 bits per heavy atom. The second kappa shape index (κ2) is 4.26. The smallest absolute Gasteiger partial charge is 0.318 e. The highest BCUT2D eigenvalue weighted by atomic mass is 16.4. The van der Waals surface area contributed by atoms with Crippen molar-refractivity contribution < 1.29 is 9.21 Å². The van der Waals surface area contributed by atoms with Crippen LogP contribution in [0.5, 0.6) is 0 Å². The number of hydrogen-bond acceptors (Lipinski definition) is 6. The van der Waals surface area contributed by atoms with Crippen LogP contribution in [0.2, 0.25) is 0 Å². The van der Waals surface area contributed by atoms with Gasteiger partial charge in [0.1, 0.15) is 6.54 Å². The number of anilines is 1. The van der Waals surface area contributed by atoms with Crippen molar-refractivity contribution in [1.29, 1.82) is 0 Å². The molecule has 3 N–H and O–H groups in total. The molecular weight excluding hydrogens is 198 g/mol. The van der Waals surface area contributed by atoms with E-state index in [4.69, 9.17) is 10.2 Å². The second-order valence-corrected chi connectivity index (χ2v) is 3.29. The van der Waals surface area contributed by atoms with Crippen LogP contribution in [0.3, 0.4) is 0 Å². The molecule has 0 bridgehead atoms. The Morgan fingerprint density at radius 1 is 1.53 bits per heavy atom. The van der Waals surface area contributed by atoms with Crippen LogP contribution in [0.25, 0.3) is 0 Å². The van der Waals surface area contributed by atoms with Crippen molar-refractivity contribution in [3.63, 3.8) is 0 Å². The zero-order valence-corrected chi connectivity index (χ0v) is 8.27. The number of nitrogens with one attached hydrogen (secondary N) is 1. The van der Waals surface area contributed by atoms with Gasteiger partial charge >= 0.3 is 6.01 Å². The number of carbonyl (C=O) groups is 1. The van der Waals surface area contributed by atoms with Crippen LogP contribution in [-0.4, -0.2) is 42.3 Å². The molecule has 1 aliphatic heterocycles. The molecule has 82 valence electrons. The first-order chi connectivity index (χ1) is 7.29. The minimum absolute atomic E-state index is 0.0279. The normalized spacial score (nSPS) is 16.6. The van der Waals surface area contributed by atoms with Crippen molar-refractivity contribution in [3.8, 4) is 0 Å². The number of aromatic nitrogens is 2. The van der Waals surface area contributed by atoms with Gasteiger partial charge < -0.3 is 20.4 Å². The predicted octanol–water partition coefficient (Wildman–Crippen LogP) is -1.49. The topological polar surface area (TPSA) is 97.3 Å². The van der Waals surface area contributed by atoms with Gasteiger partial charge in [-0.2, -0.15) is 0 Å². The Hall–Kier alpha value is -1.63. The molecule has 1 saturated heterocycles. The Morgan fingerprint density at radius 3 is 3.13 bits per heavy atom. The molecule has 0 atom stereocenters. The van der Waals surface area contributed by atoms with Crippen LogP contribution in [-0.2, 0) is 11.2 Å². The summed E-state index contributed by atoms with van der Waals surface area (Å²) in [5.74, 6) is 0.485. The first-order valence-corrected chi connectivity index (χ1v) is 4.83. The fourth-order valence-electron chi connectivity index (χ4n) is 1.40. The van der Waals surface area contributed by atoms with Crippen molar-refractivity contribution in [1.82, 2.24) is 15.5 Å². The van der Waals surface area contributed by atoms with E-state index in [1.54, 1.807) is 4.90 Å². The molecule has 0 saturated carbocycles. The van der Waals surface area contributed by atoms with E-state index in [1.165, 1.54) is 0 Å². The van der Waals surface area contributed by atoms with Gasteiger partial charge in [0.25, 0.3) is 0 Å². The van der Waals surface area contributed by atoms with E-state index in [1.807, 2.05) is 0 Å². The summed E-state index contributed by atoms with van der Waals surface area (Å²) in [7, 11) is 0. The monoisotopic (exact) mass is 211 g/mol. The average molecular weight is 211 g/mol. The number of hydrogen-bond donors (Lipinski definition) is 2. The maximum atomic E-state index is 11.1. The molecule has 2 heterocycles. The average Bonchev–Trinajstić information content (AvgIpc) is 2.67. The highest BCUT2D eigenvalue weighted by Gasteiger charge is 2.20. The third-order valence-corrected chi connectivity index (χ3v) is 2.12. The standard InChI is InChI=1S/C8H13N5O2/c9-2-1-7-11-12-8(15-7)13-4-3-10-6(14)5-13/h1-5,9H2,(H,10,14). The molecule has 7 heteroatoms. The maximum Gasteiger partial charge on any atom is 0.318 e. The molecule has 2 rings (SSSR count). The van der Waals surface area contributed by atoms with Gasteiger partial charge in [-0.15, -0.1) is 5.10 Å². The molecule has 1 aromatic heterocycles. The lowest BCUT2D eigenvalue weighted by Crippen LogP contribution is -2.47. The molecule has 0 aromatic carbocycles. The molecule has 1 amide bonds. The lowest BCUT2D eigenvalue weighted by molar-refractivity contribution is -0.120. The first kappa shape index (κ1) is 9.91. The summed E-state index contributed by atoms with van der Waals surface area (Å²) in [5.41, 5.74) is 5.36. The molecular formula is C8H13N5O2. The van der Waals surface area contributed by atoms with E-state index in [-0.39, 0.29) is 12.5 Å². The molecule has 15 heavy (non-hydrogen) atoms. The summed E-state index contributed by atoms with van der Waals surface area (Å²) in [6, 6.07) is 0.397. The fourth-order valence-corrected chi connectivity index (χ4v) is 1.40. The first-order valence-electron chi connectivity index (χ1n) is 4.83. The number of carbonyl (C=O) groups excluding carboxylic acids is 1. The zero-order valence-electron chi connectivity index (χ0n) is 8.27. The van der Waals surface area contributed by atoms with Crippen molar-refractivity contribution in [2.45, 2.75) is 6.42 Å². The summed E-state index contributed by atoms with van der Waals surface area (Å²) < 4.78 is 5.36. The van der Waals surface area contributed by atoms with Crippen molar-refractivity contribution in [2.75, 3.05) is 31.1 Å². The zero-order chi connectivity index (χ0) is 10.7. The Labute approximate surface area is 86.6 Å². The summed E-state index contributed by atoms with van der Waals surface area (Å²) in [6.45, 7) is 2.04. The quantitative estimate of drug-likeness (QED) is 0.632. The Balaban J connectivity index is 2.04. The molecule has 0 aliphatic carbocycles. The van der Waals surface area contributed by atoms with E-state index < -0.39 is 0 Å². The predicted molar refractivity (Wildman–Crippen MR) is 52.3 cm³/mol. The number of nitrogens with zero attached hydrogens (tertiary/aromatic N) is 3. The van der Waals surface area contributed by atoms with Gasteiger partial charge in [0.15, 0.2) is 0 Å². The summed E-state index contributed by atoms with van der Waals surface area (Å²) in [4.78, 5) is 12.9. The third-order valence-electron chi connectivity index (χ3n) is 2.12. The fraction of sp³-hybridized carbons (Fsp3) is 0.625. The molecule has 0 unspecified atom stereocenters. The Kier molecular flexibility index (Phi) is 2.82. The lowest BCUT2D eigenvalue weighted by atomic mass is 10.4. The minimum atomic E-state index is -0.0279. The summed E-state index contributed by atoms with van der Waals surface area (Å²) in [6.07, 6.45) is 0.563. The highest BCUT2D eigenvalue weighted by molar-refractivity contribution is 5.81. The van der Waals surface area contributed by atoms with E-state index in [2.05, 4.69) is 15.5 Å². The SMILES string of the molecule is NCCc1nnc(N2CCNC(=O)C2)o1. The van der Waals surface area contributed by atoms with Crippen LogP contribution < -0.4 is 16.0 Å². The van der Waals surface area contributed by atoms with Crippen molar-refractivity contribution >= 4 is 11.9 Å². The van der Waals surface area contributed by atoms with E-state index >= 15 is 0 Å². The molecule has 1 aliphatic rings.